The zero-order chi connectivity index (χ0) is 15.5. The first-order chi connectivity index (χ1) is 9.92. The monoisotopic (exact) mass is 305 g/mol. The van der Waals surface area contributed by atoms with Gasteiger partial charge in [-0.2, -0.15) is 0 Å². The summed E-state index contributed by atoms with van der Waals surface area (Å²) in [5.41, 5.74) is 1.42. The van der Waals surface area contributed by atoms with Crippen LogP contribution in [0.25, 0.3) is 0 Å². The Morgan fingerprint density at radius 2 is 1.81 bits per heavy atom. The van der Waals surface area contributed by atoms with Gasteiger partial charge in [-0.1, -0.05) is 24.3 Å². The van der Waals surface area contributed by atoms with Gasteiger partial charge in [-0.25, -0.2) is 8.42 Å². The van der Waals surface area contributed by atoms with E-state index in [1.165, 1.54) is 25.1 Å². The maximum absolute atomic E-state index is 12.3. The van der Waals surface area contributed by atoms with Crippen molar-refractivity contribution in [1.82, 2.24) is 0 Å². The molecule has 110 valence electrons. The number of sulfonamides is 1. The molecule has 0 saturated carbocycles. The molecule has 5 nitrogen and oxygen atoms in total. The van der Waals surface area contributed by atoms with Gasteiger partial charge in [0.1, 0.15) is 0 Å². The van der Waals surface area contributed by atoms with Crippen LogP contribution in [-0.4, -0.2) is 19.3 Å². The third kappa shape index (κ3) is 3.68. The molecule has 0 amide bonds. The van der Waals surface area contributed by atoms with Crippen molar-refractivity contribution in [2.75, 3.05) is 4.72 Å². The van der Waals surface area contributed by atoms with E-state index < -0.39 is 10.0 Å². The van der Waals surface area contributed by atoms with Crippen LogP contribution in [0.2, 0.25) is 0 Å². The summed E-state index contributed by atoms with van der Waals surface area (Å²) in [5, 5.41) is 8.95. The second-order valence-corrected chi connectivity index (χ2v) is 6.23. The maximum Gasteiger partial charge on any atom is 0.261 e. The van der Waals surface area contributed by atoms with Crippen LogP contribution in [0.15, 0.2) is 53.4 Å². The molecule has 0 aromatic heterocycles. The normalized spacial score (nSPS) is 11.1. The summed E-state index contributed by atoms with van der Waals surface area (Å²) < 4.78 is 26.9. The van der Waals surface area contributed by atoms with E-state index in [1.807, 2.05) is 0 Å². The second-order valence-electron chi connectivity index (χ2n) is 4.54. The minimum Gasteiger partial charge on any atom is -0.392 e. The first-order valence-electron chi connectivity index (χ1n) is 6.26. The van der Waals surface area contributed by atoms with Crippen molar-refractivity contribution < 1.29 is 18.3 Å². The largest absolute Gasteiger partial charge is 0.392 e. The van der Waals surface area contributed by atoms with E-state index in [1.54, 1.807) is 30.3 Å². The number of anilines is 1. The highest BCUT2D eigenvalue weighted by Gasteiger charge is 2.15. The zero-order valence-electron chi connectivity index (χ0n) is 11.4. The van der Waals surface area contributed by atoms with Crippen molar-refractivity contribution in [1.29, 1.82) is 0 Å². The highest BCUT2D eigenvalue weighted by molar-refractivity contribution is 7.92. The number of rotatable bonds is 5. The molecule has 0 fully saturated rings. The van der Waals surface area contributed by atoms with Crippen LogP contribution in [-0.2, 0) is 16.6 Å². The lowest BCUT2D eigenvalue weighted by Crippen LogP contribution is -2.13. The third-order valence-electron chi connectivity index (χ3n) is 2.94. The molecule has 0 saturated heterocycles. The van der Waals surface area contributed by atoms with Crippen molar-refractivity contribution in [3.8, 4) is 0 Å². The van der Waals surface area contributed by atoms with Gasteiger partial charge in [0.15, 0.2) is 5.78 Å². The number of carbonyl (C=O) groups excluding carboxylic acids is 1. The molecule has 2 aromatic rings. The summed E-state index contributed by atoms with van der Waals surface area (Å²) in [6.45, 7) is 1.28. The second kappa shape index (κ2) is 6.07. The highest BCUT2D eigenvalue weighted by Crippen LogP contribution is 2.18. The van der Waals surface area contributed by atoms with Crippen molar-refractivity contribution in [3.63, 3.8) is 0 Å². The smallest absolute Gasteiger partial charge is 0.261 e. The average molecular weight is 305 g/mol. The van der Waals surface area contributed by atoms with E-state index in [4.69, 9.17) is 5.11 Å². The molecule has 6 heteroatoms. The quantitative estimate of drug-likeness (QED) is 0.829. The van der Waals surface area contributed by atoms with E-state index in [0.29, 0.717) is 16.8 Å². The number of benzene rings is 2. The van der Waals surface area contributed by atoms with Crippen LogP contribution >= 0.6 is 0 Å². The lowest BCUT2D eigenvalue weighted by atomic mass is 10.2. The van der Waals surface area contributed by atoms with Gasteiger partial charge in [-0.15, -0.1) is 0 Å². The minimum absolute atomic E-state index is 0.0291. The predicted octanol–water partition coefficient (Wildman–Crippen LogP) is 2.18. The first-order valence-corrected chi connectivity index (χ1v) is 7.74. The Bertz CT molecular complexity index is 751. The summed E-state index contributed by atoms with van der Waals surface area (Å²) in [6, 6.07) is 12.3. The number of Topliss-reactive ketones (excluding diaryl/α,β-unsaturated/α-hetero) is 1. The van der Waals surface area contributed by atoms with Gasteiger partial charge >= 0.3 is 0 Å². The molecule has 0 spiro atoms. The van der Waals surface area contributed by atoms with Gasteiger partial charge in [-0.05, 0) is 36.8 Å². The lowest BCUT2D eigenvalue weighted by Gasteiger charge is -2.09. The van der Waals surface area contributed by atoms with Gasteiger partial charge in [0.2, 0.25) is 0 Å². The maximum atomic E-state index is 12.3. The summed E-state index contributed by atoms with van der Waals surface area (Å²) in [4.78, 5) is 11.3. The van der Waals surface area contributed by atoms with Crippen LogP contribution in [0, 0.1) is 0 Å². The zero-order valence-corrected chi connectivity index (χ0v) is 12.2. The lowest BCUT2D eigenvalue weighted by molar-refractivity contribution is 0.101. The Hall–Kier alpha value is -2.18. The average Bonchev–Trinajstić information content (AvgIpc) is 2.48. The highest BCUT2D eigenvalue weighted by atomic mass is 32.2. The first kappa shape index (κ1) is 15.2. The van der Waals surface area contributed by atoms with Gasteiger partial charge in [0.25, 0.3) is 10.0 Å². The van der Waals surface area contributed by atoms with Crippen LogP contribution in [0.3, 0.4) is 0 Å². The third-order valence-corrected chi connectivity index (χ3v) is 4.32. The number of ketones is 1. The van der Waals surface area contributed by atoms with Gasteiger partial charge in [0.05, 0.1) is 11.5 Å². The number of carbonyl (C=O) groups is 1. The molecule has 2 rings (SSSR count). The number of hydrogen-bond acceptors (Lipinski definition) is 4. The van der Waals surface area contributed by atoms with E-state index in [-0.39, 0.29) is 17.3 Å². The number of nitrogens with one attached hydrogen (secondary N) is 1. The Morgan fingerprint density at radius 3 is 2.38 bits per heavy atom. The summed E-state index contributed by atoms with van der Waals surface area (Å²) in [7, 11) is -3.75. The predicted molar refractivity (Wildman–Crippen MR) is 79.6 cm³/mol. The van der Waals surface area contributed by atoms with E-state index >= 15 is 0 Å². The van der Waals surface area contributed by atoms with Crippen molar-refractivity contribution in [2.45, 2.75) is 18.4 Å². The van der Waals surface area contributed by atoms with Crippen molar-refractivity contribution in [2.24, 2.45) is 0 Å². The topological polar surface area (TPSA) is 83.5 Å². The summed E-state index contributed by atoms with van der Waals surface area (Å²) in [6.07, 6.45) is 0. The van der Waals surface area contributed by atoms with Crippen LogP contribution in [0.4, 0.5) is 5.69 Å². The Morgan fingerprint density at radius 1 is 1.14 bits per heavy atom. The molecular formula is C15H15NO4S. The number of hydrogen-bond donors (Lipinski definition) is 2. The van der Waals surface area contributed by atoms with Gasteiger partial charge in [0, 0.05) is 11.3 Å². The van der Waals surface area contributed by atoms with Crippen molar-refractivity contribution >= 4 is 21.5 Å². The fraction of sp³-hybridized carbons (Fsp3) is 0.133. The molecule has 0 aliphatic carbocycles. The van der Waals surface area contributed by atoms with E-state index in [2.05, 4.69) is 4.72 Å². The van der Waals surface area contributed by atoms with E-state index in [9.17, 15) is 13.2 Å². The van der Waals surface area contributed by atoms with E-state index in [0.717, 1.165) is 0 Å². The fourth-order valence-electron chi connectivity index (χ4n) is 1.77. The van der Waals surface area contributed by atoms with Gasteiger partial charge in [-0.3, -0.25) is 9.52 Å². The van der Waals surface area contributed by atoms with Crippen LogP contribution in [0.1, 0.15) is 22.8 Å². The number of aliphatic hydroxyl groups excluding tert-OH is 1. The molecule has 0 radical (unpaired) electrons. The van der Waals surface area contributed by atoms with Crippen LogP contribution < -0.4 is 4.72 Å². The molecule has 0 aliphatic heterocycles. The molecule has 2 aromatic carbocycles. The molecule has 0 aliphatic rings. The Balaban J connectivity index is 2.29. The SMILES string of the molecule is CC(=O)c1cccc(S(=O)(=O)Nc2ccc(CO)cc2)c1. The molecule has 0 heterocycles. The molecular weight excluding hydrogens is 290 g/mol. The standard InChI is InChI=1S/C15H15NO4S/c1-11(18)13-3-2-4-15(9-13)21(19,20)16-14-7-5-12(10-17)6-8-14/h2-9,16-17H,10H2,1H3. The van der Waals surface area contributed by atoms with Crippen molar-refractivity contribution in [3.05, 3.63) is 59.7 Å². The van der Waals surface area contributed by atoms with Gasteiger partial charge < -0.3 is 5.11 Å². The minimum atomic E-state index is -3.75. The molecule has 21 heavy (non-hydrogen) atoms. The number of aliphatic hydroxyl groups is 1. The molecule has 0 unspecified atom stereocenters. The van der Waals surface area contributed by atoms with Crippen LogP contribution in [0.5, 0.6) is 0 Å². The summed E-state index contributed by atoms with van der Waals surface area (Å²) in [5.74, 6) is -0.195. The molecule has 0 bridgehead atoms. The Kier molecular flexibility index (Phi) is 4.40. The fourth-order valence-corrected chi connectivity index (χ4v) is 2.88. The Labute approximate surface area is 123 Å². The molecule has 0 atom stereocenters. The summed E-state index contributed by atoms with van der Waals surface area (Å²) >= 11 is 0. The molecule has 2 N–H and O–H groups in total.